The minimum absolute atomic E-state index is 0.472. The summed E-state index contributed by atoms with van der Waals surface area (Å²) in [4.78, 5) is 7.97. The van der Waals surface area contributed by atoms with Gasteiger partial charge >= 0.3 is 0 Å². The molecule has 2 aromatic heterocycles. The number of H-pyrrole nitrogens is 1. The Bertz CT molecular complexity index is 908. The topological polar surface area (TPSA) is 46.5 Å². The second kappa shape index (κ2) is 6.06. The minimum atomic E-state index is 0.472. The SMILES string of the molecule is S=c1nc(Cc2cccc(Cl)c2)[nH]c2c1cnn2C1CCCC1. The third kappa shape index (κ3) is 2.91. The van der Waals surface area contributed by atoms with Gasteiger partial charge < -0.3 is 4.98 Å². The Labute approximate surface area is 144 Å². The Morgan fingerprint density at radius 3 is 2.91 bits per heavy atom. The average Bonchev–Trinajstić information content (AvgIpc) is 3.15. The number of hydrogen-bond donors (Lipinski definition) is 1. The van der Waals surface area contributed by atoms with Gasteiger partial charge in [0.1, 0.15) is 16.1 Å². The molecule has 23 heavy (non-hydrogen) atoms. The Hall–Kier alpha value is -1.72. The van der Waals surface area contributed by atoms with Gasteiger partial charge in [-0.25, -0.2) is 9.67 Å². The molecule has 1 N–H and O–H groups in total. The first kappa shape index (κ1) is 14.8. The molecule has 0 saturated heterocycles. The summed E-state index contributed by atoms with van der Waals surface area (Å²) in [5, 5.41) is 6.22. The fourth-order valence-electron chi connectivity index (χ4n) is 3.34. The molecule has 0 aliphatic heterocycles. The van der Waals surface area contributed by atoms with Crippen LogP contribution in [0.2, 0.25) is 5.02 Å². The zero-order valence-corrected chi connectivity index (χ0v) is 14.2. The lowest BCUT2D eigenvalue weighted by Crippen LogP contribution is -2.08. The van der Waals surface area contributed by atoms with E-state index in [1.54, 1.807) is 0 Å². The molecule has 4 rings (SSSR count). The van der Waals surface area contributed by atoms with Crippen LogP contribution in [0.25, 0.3) is 11.0 Å². The summed E-state index contributed by atoms with van der Waals surface area (Å²) in [7, 11) is 0. The molecule has 0 unspecified atom stereocenters. The van der Waals surface area contributed by atoms with Gasteiger partial charge in [0.25, 0.3) is 0 Å². The molecule has 1 fully saturated rings. The van der Waals surface area contributed by atoms with Crippen LogP contribution in [0.5, 0.6) is 0 Å². The van der Waals surface area contributed by atoms with Gasteiger partial charge in [-0.05, 0) is 30.5 Å². The van der Waals surface area contributed by atoms with E-state index in [4.69, 9.17) is 23.8 Å². The van der Waals surface area contributed by atoms with Crippen LogP contribution in [0, 0.1) is 4.64 Å². The molecule has 1 aliphatic rings. The van der Waals surface area contributed by atoms with Gasteiger partial charge in [0.2, 0.25) is 0 Å². The molecule has 0 radical (unpaired) electrons. The summed E-state index contributed by atoms with van der Waals surface area (Å²) < 4.78 is 2.71. The lowest BCUT2D eigenvalue weighted by atomic mass is 10.1. The number of aromatic amines is 1. The van der Waals surface area contributed by atoms with Gasteiger partial charge in [-0.1, -0.05) is 48.8 Å². The van der Waals surface area contributed by atoms with Crippen molar-refractivity contribution < 1.29 is 0 Å². The van der Waals surface area contributed by atoms with Crippen molar-refractivity contribution in [2.24, 2.45) is 0 Å². The highest BCUT2D eigenvalue weighted by atomic mass is 35.5. The van der Waals surface area contributed by atoms with Gasteiger partial charge in [0, 0.05) is 11.4 Å². The molecule has 0 spiro atoms. The zero-order chi connectivity index (χ0) is 15.8. The average molecular weight is 345 g/mol. The molecule has 3 aromatic rings. The van der Waals surface area contributed by atoms with Gasteiger partial charge in [0.05, 0.1) is 17.6 Å². The molecule has 118 valence electrons. The maximum absolute atomic E-state index is 6.07. The molecule has 0 bridgehead atoms. The summed E-state index contributed by atoms with van der Waals surface area (Å²) in [6.45, 7) is 0. The van der Waals surface area contributed by atoms with Crippen molar-refractivity contribution >= 4 is 34.9 Å². The third-order valence-electron chi connectivity index (χ3n) is 4.46. The van der Waals surface area contributed by atoms with E-state index in [9.17, 15) is 0 Å². The molecule has 1 aromatic carbocycles. The Morgan fingerprint density at radius 2 is 2.13 bits per heavy atom. The summed E-state index contributed by atoms with van der Waals surface area (Å²) >= 11 is 11.5. The number of benzene rings is 1. The van der Waals surface area contributed by atoms with Crippen molar-refractivity contribution in [2.75, 3.05) is 0 Å². The summed E-state index contributed by atoms with van der Waals surface area (Å²) in [6.07, 6.45) is 7.42. The first-order valence-electron chi connectivity index (χ1n) is 7.91. The molecule has 4 nitrogen and oxygen atoms in total. The van der Waals surface area contributed by atoms with Crippen LogP contribution >= 0.6 is 23.8 Å². The van der Waals surface area contributed by atoms with Crippen molar-refractivity contribution in [3.8, 4) is 0 Å². The number of nitrogens with one attached hydrogen (secondary N) is 1. The summed E-state index contributed by atoms with van der Waals surface area (Å²) in [5.74, 6) is 0.851. The Kier molecular flexibility index (Phi) is 3.91. The van der Waals surface area contributed by atoms with Crippen LogP contribution in [-0.2, 0) is 6.42 Å². The van der Waals surface area contributed by atoms with E-state index >= 15 is 0 Å². The van der Waals surface area contributed by atoms with Crippen LogP contribution in [-0.4, -0.2) is 19.7 Å². The Morgan fingerprint density at radius 1 is 1.30 bits per heavy atom. The number of rotatable bonds is 3. The minimum Gasteiger partial charge on any atom is -0.328 e. The molecule has 1 aliphatic carbocycles. The molecule has 6 heteroatoms. The van der Waals surface area contributed by atoms with Crippen LogP contribution in [0.4, 0.5) is 0 Å². The highest BCUT2D eigenvalue weighted by molar-refractivity contribution is 7.71. The van der Waals surface area contributed by atoms with Gasteiger partial charge in [0.15, 0.2) is 0 Å². The number of halogens is 1. The van der Waals surface area contributed by atoms with E-state index < -0.39 is 0 Å². The van der Waals surface area contributed by atoms with Gasteiger partial charge in [-0.3, -0.25) is 0 Å². The summed E-state index contributed by atoms with van der Waals surface area (Å²) in [6, 6.07) is 8.30. The maximum Gasteiger partial charge on any atom is 0.140 e. The fourth-order valence-corrected chi connectivity index (χ4v) is 3.81. The third-order valence-corrected chi connectivity index (χ3v) is 5.00. The number of aromatic nitrogens is 4. The molecule has 2 heterocycles. The van der Waals surface area contributed by atoms with Crippen LogP contribution in [0.3, 0.4) is 0 Å². The first-order valence-corrected chi connectivity index (χ1v) is 8.70. The van der Waals surface area contributed by atoms with E-state index in [0.29, 0.717) is 17.1 Å². The number of nitrogens with zero attached hydrogens (tertiary/aromatic N) is 3. The number of fused-ring (bicyclic) bond motifs is 1. The van der Waals surface area contributed by atoms with Gasteiger partial charge in [-0.2, -0.15) is 5.10 Å². The highest BCUT2D eigenvalue weighted by Crippen LogP contribution is 2.31. The largest absolute Gasteiger partial charge is 0.328 e. The maximum atomic E-state index is 6.07. The molecule has 1 saturated carbocycles. The molecular formula is C17H17ClN4S. The zero-order valence-electron chi connectivity index (χ0n) is 12.6. The van der Waals surface area contributed by atoms with Crippen LogP contribution < -0.4 is 0 Å². The normalized spacial score (nSPS) is 15.5. The van der Waals surface area contributed by atoms with Gasteiger partial charge in [-0.15, -0.1) is 0 Å². The molecule has 0 atom stereocenters. The van der Waals surface area contributed by atoms with Crippen molar-refractivity contribution in [2.45, 2.75) is 38.1 Å². The second-order valence-corrected chi connectivity index (χ2v) is 6.91. The lowest BCUT2D eigenvalue weighted by Gasteiger charge is -2.11. The van der Waals surface area contributed by atoms with Crippen LogP contribution in [0.15, 0.2) is 30.5 Å². The smallest absolute Gasteiger partial charge is 0.140 e. The van der Waals surface area contributed by atoms with E-state index in [1.165, 1.54) is 25.7 Å². The van der Waals surface area contributed by atoms with E-state index in [0.717, 1.165) is 27.4 Å². The highest BCUT2D eigenvalue weighted by Gasteiger charge is 2.20. The predicted octanol–water partition coefficient (Wildman–Crippen LogP) is 4.85. The van der Waals surface area contributed by atoms with E-state index in [-0.39, 0.29) is 0 Å². The standard InChI is InChI=1S/C17H17ClN4S/c18-12-5-3-4-11(8-12)9-15-20-16-14(17(23)21-15)10-19-22(16)13-6-1-2-7-13/h3-5,8,10,13H,1-2,6-7,9H2,(H,20,21,23). The van der Waals surface area contributed by atoms with Crippen LogP contribution in [0.1, 0.15) is 43.1 Å². The van der Waals surface area contributed by atoms with Crippen molar-refractivity contribution in [1.82, 2.24) is 19.7 Å². The molecule has 0 amide bonds. The first-order chi connectivity index (χ1) is 11.2. The predicted molar refractivity (Wildman–Crippen MR) is 94.5 cm³/mol. The quantitative estimate of drug-likeness (QED) is 0.691. The van der Waals surface area contributed by atoms with E-state index in [1.807, 2.05) is 30.5 Å². The monoisotopic (exact) mass is 344 g/mol. The van der Waals surface area contributed by atoms with Crippen molar-refractivity contribution in [3.63, 3.8) is 0 Å². The van der Waals surface area contributed by atoms with Crippen molar-refractivity contribution in [3.05, 3.63) is 51.5 Å². The second-order valence-electron chi connectivity index (χ2n) is 6.09. The summed E-state index contributed by atoms with van der Waals surface area (Å²) in [5.41, 5.74) is 2.11. The van der Waals surface area contributed by atoms with E-state index in [2.05, 4.69) is 19.7 Å². The molecular weight excluding hydrogens is 328 g/mol. The number of hydrogen-bond acceptors (Lipinski definition) is 3. The Balaban J connectivity index is 1.75. The lowest BCUT2D eigenvalue weighted by molar-refractivity contribution is 0.478. The van der Waals surface area contributed by atoms with Crippen molar-refractivity contribution in [1.29, 1.82) is 0 Å². The fraction of sp³-hybridized carbons (Fsp3) is 0.353.